The van der Waals surface area contributed by atoms with E-state index in [-0.39, 0.29) is 11.8 Å². The van der Waals surface area contributed by atoms with E-state index in [1.807, 2.05) is 19.2 Å². The molecule has 0 aromatic carbocycles. The normalized spacial score (nSPS) is 15.0. The zero-order valence-corrected chi connectivity index (χ0v) is 17.5. The number of pyridine rings is 3. The van der Waals surface area contributed by atoms with Crippen molar-refractivity contribution in [3.63, 3.8) is 0 Å². The van der Waals surface area contributed by atoms with Gasteiger partial charge in [-0.2, -0.15) is 0 Å². The van der Waals surface area contributed by atoms with Gasteiger partial charge in [0.2, 0.25) is 11.8 Å². The van der Waals surface area contributed by atoms with Gasteiger partial charge >= 0.3 is 6.09 Å². The SMILES string of the molecule is CN1CCN(C(=O)Oc2c3ncccc3c(O)n2-c2ccc3ccc(Cl)nc3n2)CC1. The topological polar surface area (TPSA) is 96.6 Å². The van der Waals surface area contributed by atoms with Crippen molar-refractivity contribution in [2.24, 2.45) is 0 Å². The Morgan fingerprint density at radius 1 is 1.10 bits per heavy atom. The highest BCUT2D eigenvalue weighted by Gasteiger charge is 2.27. The summed E-state index contributed by atoms with van der Waals surface area (Å²) >= 11 is 6.01. The van der Waals surface area contributed by atoms with Crippen molar-refractivity contribution in [3.8, 4) is 17.6 Å². The summed E-state index contributed by atoms with van der Waals surface area (Å²) in [5.41, 5.74) is 0.773. The van der Waals surface area contributed by atoms with Gasteiger partial charge in [-0.05, 0) is 43.4 Å². The van der Waals surface area contributed by atoms with E-state index < -0.39 is 6.09 Å². The van der Waals surface area contributed by atoms with Crippen molar-refractivity contribution in [1.82, 2.24) is 29.3 Å². The Balaban J connectivity index is 1.61. The number of carbonyl (C=O) groups excluding carboxylic acids is 1. The van der Waals surface area contributed by atoms with Gasteiger partial charge in [-0.15, -0.1) is 0 Å². The average Bonchev–Trinajstić information content (AvgIpc) is 3.05. The van der Waals surface area contributed by atoms with Crippen LogP contribution in [0.1, 0.15) is 0 Å². The minimum absolute atomic E-state index is 0.103. The van der Waals surface area contributed by atoms with E-state index >= 15 is 0 Å². The van der Waals surface area contributed by atoms with E-state index in [2.05, 4.69) is 19.9 Å². The minimum Gasteiger partial charge on any atom is -0.494 e. The number of piperazine rings is 1. The van der Waals surface area contributed by atoms with Crippen molar-refractivity contribution in [3.05, 3.63) is 47.7 Å². The summed E-state index contributed by atoms with van der Waals surface area (Å²) in [6.45, 7) is 2.64. The van der Waals surface area contributed by atoms with Gasteiger partial charge in [-0.3, -0.25) is 4.98 Å². The summed E-state index contributed by atoms with van der Waals surface area (Å²) in [7, 11) is 2.01. The third kappa shape index (κ3) is 3.51. The number of likely N-dealkylation sites (N-methyl/N-ethyl adjacent to an activating group) is 1. The van der Waals surface area contributed by atoms with Crippen molar-refractivity contribution in [1.29, 1.82) is 0 Å². The van der Waals surface area contributed by atoms with Gasteiger partial charge in [-0.1, -0.05) is 11.6 Å². The second kappa shape index (κ2) is 7.68. The summed E-state index contributed by atoms with van der Waals surface area (Å²) in [5, 5.41) is 12.5. The van der Waals surface area contributed by atoms with E-state index in [1.54, 1.807) is 35.4 Å². The maximum atomic E-state index is 12.9. The molecule has 1 amide bonds. The maximum Gasteiger partial charge on any atom is 0.416 e. The Hall–Kier alpha value is -3.43. The van der Waals surface area contributed by atoms with Gasteiger partial charge in [0.1, 0.15) is 16.5 Å². The van der Waals surface area contributed by atoms with Crippen LogP contribution in [0.25, 0.3) is 27.8 Å². The Morgan fingerprint density at radius 2 is 1.87 bits per heavy atom. The van der Waals surface area contributed by atoms with Gasteiger partial charge in [0.05, 0.1) is 5.39 Å². The fraction of sp³-hybridized carbons (Fsp3) is 0.238. The Morgan fingerprint density at radius 3 is 2.68 bits per heavy atom. The van der Waals surface area contributed by atoms with E-state index in [0.29, 0.717) is 40.6 Å². The fourth-order valence-corrected chi connectivity index (χ4v) is 3.75. The molecule has 0 unspecified atom stereocenters. The number of aromatic hydroxyl groups is 1. The molecule has 0 spiro atoms. The highest BCUT2D eigenvalue weighted by Crippen LogP contribution is 2.38. The first kappa shape index (κ1) is 19.5. The number of carbonyl (C=O) groups is 1. The molecule has 1 saturated heterocycles. The molecule has 1 N–H and O–H groups in total. The number of hydrogen-bond acceptors (Lipinski definition) is 7. The second-order valence-electron chi connectivity index (χ2n) is 7.37. The summed E-state index contributed by atoms with van der Waals surface area (Å²) in [4.78, 5) is 29.7. The van der Waals surface area contributed by atoms with Crippen LogP contribution in [0, 0.1) is 0 Å². The Bertz CT molecular complexity index is 1300. The lowest BCUT2D eigenvalue weighted by Gasteiger charge is -2.31. The monoisotopic (exact) mass is 438 g/mol. The molecule has 0 saturated carbocycles. The molecule has 5 heterocycles. The van der Waals surface area contributed by atoms with Crippen LogP contribution in [0.15, 0.2) is 42.6 Å². The summed E-state index contributed by atoms with van der Waals surface area (Å²) in [5.74, 6) is 0.308. The van der Waals surface area contributed by atoms with Crippen LogP contribution in [0.4, 0.5) is 4.79 Å². The molecule has 31 heavy (non-hydrogen) atoms. The summed E-state index contributed by atoms with van der Waals surface area (Å²) in [6, 6.07) is 10.4. The number of ether oxygens (including phenoxy) is 1. The predicted molar refractivity (Wildman–Crippen MR) is 116 cm³/mol. The Kier molecular flexibility index (Phi) is 4.84. The van der Waals surface area contributed by atoms with Crippen molar-refractivity contribution in [2.45, 2.75) is 0 Å². The summed E-state index contributed by atoms with van der Waals surface area (Å²) in [6.07, 6.45) is 1.08. The molecule has 4 aromatic rings. The van der Waals surface area contributed by atoms with E-state index in [0.717, 1.165) is 18.5 Å². The Labute approximate surface area is 182 Å². The first-order valence-electron chi connectivity index (χ1n) is 9.78. The molecule has 0 atom stereocenters. The van der Waals surface area contributed by atoms with Crippen LogP contribution in [-0.4, -0.2) is 73.7 Å². The highest BCUT2D eigenvalue weighted by molar-refractivity contribution is 6.29. The third-order valence-electron chi connectivity index (χ3n) is 5.34. The predicted octanol–water partition coefficient (Wildman–Crippen LogP) is 3.07. The van der Waals surface area contributed by atoms with E-state index in [1.165, 1.54) is 4.57 Å². The van der Waals surface area contributed by atoms with Gasteiger partial charge in [-0.25, -0.2) is 19.3 Å². The zero-order chi connectivity index (χ0) is 21.5. The number of halogens is 1. The average molecular weight is 439 g/mol. The number of hydrogen-bond donors (Lipinski definition) is 1. The minimum atomic E-state index is -0.499. The molecule has 158 valence electrons. The fourth-order valence-electron chi connectivity index (χ4n) is 3.61. The molecule has 1 aliphatic rings. The molecule has 1 aliphatic heterocycles. The van der Waals surface area contributed by atoms with Crippen LogP contribution >= 0.6 is 11.6 Å². The van der Waals surface area contributed by atoms with Gasteiger partial charge in [0.15, 0.2) is 5.65 Å². The molecular formula is C21H19ClN6O3. The van der Waals surface area contributed by atoms with Crippen molar-refractivity contribution >= 4 is 39.6 Å². The standard InChI is InChI=1S/C21H19ClN6O3/c1-26-9-11-27(12-10-26)21(30)31-20-17-14(3-2-8-23-17)19(29)28(20)16-7-5-13-4-6-15(22)24-18(13)25-16/h2-8,29H,9-12H2,1H3. The van der Waals surface area contributed by atoms with E-state index in [4.69, 9.17) is 16.3 Å². The molecule has 5 rings (SSSR count). The highest BCUT2D eigenvalue weighted by atomic mass is 35.5. The molecular weight excluding hydrogens is 420 g/mol. The largest absolute Gasteiger partial charge is 0.494 e. The number of nitrogens with zero attached hydrogens (tertiary/aromatic N) is 6. The third-order valence-corrected chi connectivity index (χ3v) is 5.55. The second-order valence-corrected chi connectivity index (χ2v) is 7.76. The maximum absolute atomic E-state index is 12.9. The first-order chi connectivity index (χ1) is 15.0. The van der Waals surface area contributed by atoms with Crippen LogP contribution in [0.2, 0.25) is 5.15 Å². The van der Waals surface area contributed by atoms with Gasteiger partial charge < -0.3 is 19.6 Å². The van der Waals surface area contributed by atoms with Crippen LogP contribution in [0.3, 0.4) is 0 Å². The van der Waals surface area contributed by atoms with Crippen LogP contribution in [0.5, 0.6) is 11.8 Å². The van der Waals surface area contributed by atoms with Crippen LogP contribution < -0.4 is 4.74 Å². The molecule has 4 aromatic heterocycles. The smallest absolute Gasteiger partial charge is 0.416 e. The molecule has 0 aliphatic carbocycles. The van der Waals surface area contributed by atoms with Gasteiger partial charge in [0.25, 0.3) is 0 Å². The summed E-state index contributed by atoms with van der Waals surface area (Å²) < 4.78 is 7.14. The number of aromatic nitrogens is 4. The van der Waals surface area contributed by atoms with Gasteiger partial charge in [0, 0.05) is 37.8 Å². The molecule has 0 radical (unpaired) electrons. The number of amides is 1. The lowest BCUT2D eigenvalue weighted by molar-refractivity contribution is 0.119. The van der Waals surface area contributed by atoms with Crippen molar-refractivity contribution in [2.75, 3.05) is 33.2 Å². The molecule has 9 nitrogen and oxygen atoms in total. The molecule has 0 bridgehead atoms. The van der Waals surface area contributed by atoms with Crippen LogP contribution in [-0.2, 0) is 0 Å². The number of rotatable bonds is 2. The first-order valence-corrected chi connectivity index (χ1v) is 10.2. The lowest BCUT2D eigenvalue weighted by atomic mass is 10.3. The zero-order valence-electron chi connectivity index (χ0n) is 16.7. The number of fused-ring (bicyclic) bond motifs is 2. The van der Waals surface area contributed by atoms with E-state index in [9.17, 15) is 9.90 Å². The lowest BCUT2D eigenvalue weighted by Crippen LogP contribution is -2.48. The molecule has 10 heteroatoms. The molecule has 1 fully saturated rings. The quantitative estimate of drug-likeness (QED) is 0.480. The van der Waals surface area contributed by atoms with Crippen molar-refractivity contribution < 1.29 is 14.6 Å².